The Labute approximate surface area is 114 Å². The van der Waals surface area contributed by atoms with Crippen LogP contribution in [0.25, 0.3) is 0 Å². The Morgan fingerprint density at radius 3 is 2.68 bits per heavy atom. The topological polar surface area (TPSA) is 52.6 Å². The van der Waals surface area contributed by atoms with Gasteiger partial charge in [-0.2, -0.15) is 8.42 Å². The zero-order valence-electron chi connectivity index (χ0n) is 11.8. The highest BCUT2D eigenvalue weighted by Crippen LogP contribution is 2.40. The number of benzene rings is 1. The van der Waals surface area contributed by atoms with E-state index in [-0.39, 0.29) is 17.1 Å². The van der Waals surface area contributed by atoms with Gasteiger partial charge in [0.1, 0.15) is 11.5 Å². The Morgan fingerprint density at radius 2 is 2.05 bits per heavy atom. The molecule has 0 aliphatic carbocycles. The molecule has 4 nitrogen and oxygen atoms in total. The summed E-state index contributed by atoms with van der Waals surface area (Å²) in [6, 6.07) is 5.17. The van der Waals surface area contributed by atoms with E-state index in [0.717, 1.165) is 11.3 Å². The van der Waals surface area contributed by atoms with E-state index in [2.05, 4.69) is 13.8 Å². The van der Waals surface area contributed by atoms with Crippen LogP contribution in [0.4, 0.5) is 0 Å². The standard InChI is InChI=1S/C14H20O4S/c1-10(2)8-19(15,16)18-11-5-6-13-12(7-11)14(3,4)9-17-13/h5-7,10H,8-9H2,1-4H3. The SMILES string of the molecule is CC(C)CS(=O)(=O)Oc1ccc2c(c1)C(C)(C)CO2. The summed E-state index contributed by atoms with van der Waals surface area (Å²) in [7, 11) is -3.53. The molecule has 2 rings (SSSR count). The summed E-state index contributed by atoms with van der Waals surface area (Å²) in [5, 5.41) is 0. The lowest BCUT2D eigenvalue weighted by molar-refractivity contribution is 0.291. The molecule has 19 heavy (non-hydrogen) atoms. The van der Waals surface area contributed by atoms with Crippen molar-refractivity contribution in [1.29, 1.82) is 0 Å². The Kier molecular flexibility index (Phi) is 3.51. The third-order valence-corrected chi connectivity index (χ3v) is 4.55. The summed E-state index contributed by atoms with van der Waals surface area (Å²) < 4.78 is 34.3. The van der Waals surface area contributed by atoms with Gasteiger partial charge in [0.15, 0.2) is 0 Å². The average molecular weight is 284 g/mol. The Balaban J connectivity index is 2.25. The van der Waals surface area contributed by atoms with E-state index in [9.17, 15) is 8.42 Å². The second-order valence-corrected chi connectivity index (χ2v) is 7.65. The van der Waals surface area contributed by atoms with Gasteiger partial charge >= 0.3 is 10.1 Å². The Hall–Kier alpha value is -1.23. The first-order valence-electron chi connectivity index (χ1n) is 6.39. The van der Waals surface area contributed by atoms with Gasteiger partial charge in [-0.25, -0.2) is 0 Å². The first-order valence-corrected chi connectivity index (χ1v) is 7.97. The van der Waals surface area contributed by atoms with Crippen molar-refractivity contribution in [3.63, 3.8) is 0 Å². The van der Waals surface area contributed by atoms with E-state index in [0.29, 0.717) is 12.4 Å². The summed E-state index contributed by atoms with van der Waals surface area (Å²) in [6.45, 7) is 8.42. The van der Waals surface area contributed by atoms with Crippen LogP contribution in [0.5, 0.6) is 11.5 Å². The van der Waals surface area contributed by atoms with Crippen molar-refractivity contribution in [3.8, 4) is 11.5 Å². The highest BCUT2D eigenvalue weighted by Gasteiger charge is 2.32. The second-order valence-electron chi connectivity index (χ2n) is 6.03. The fraction of sp³-hybridized carbons (Fsp3) is 0.571. The smallest absolute Gasteiger partial charge is 0.309 e. The minimum absolute atomic E-state index is 0.0178. The maximum absolute atomic E-state index is 11.8. The van der Waals surface area contributed by atoms with Crippen molar-refractivity contribution in [2.75, 3.05) is 12.4 Å². The van der Waals surface area contributed by atoms with Crippen molar-refractivity contribution >= 4 is 10.1 Å². The zero-order chi connectivity index (χ0) is 14.3. The maximum atomic E-state index is 11.8. The van der Waals surface area contributed by atoms with Crippen molar-refractivity contribution in [2.45, 2.75) is 33.1 Å². The van der Waals surface area contributed by atoms with Crippen molar-refractivity contribution < 1.29 is 17.3 Å². The van der Waals surface area contributed by atoms with Crippen LogP contribution in [-0.4, -0.2) is 20.8 Å². The van der Waals surface area contributed by atoms with Gasteiger partial charge in [-0.3, -0.25) is 0 Å². The van der Waals surface area contributed by atoms with Gasteiger partial charge in [0.05, 0.1) is 12.4 Å². The molecule has 0 unspecified atom stereocenters. The van der Waals surface area contributed by atoms with E-state index in [1.165, 1.54) is 0 Å². The molecule has 1 aliphatic rings. The molecule has 0 aromatic heterocycles. The fourth-order valence-electron chi connectivity index (χ4n) is 2.14. The first kappa shape index (κ1) is 14.2. The maximum Gasteiger partial charge on any atom is 0.309 e. The van der Waals surface area contributed by atoms with Crippen LogP contribution in [-0.2, 0) is 15.5 Å². The Bertz CT molecular complexity index is 573. The monoisotopic (exact) mass is 284 g/mol. The molecule has 0 saturated heterocycles. The molecule has 0 bridgehead atoms. The minimum Gasteiger partial charge on any atom is -0.492 e. The van der Waals surface area contributed by atoms with Crippen LogP contribution in [0.3, 0.4) is 0 Å². The molecule has 0 radical (unpaired) electrons. The lowest BCUT2D eigenvalue weighted by Crippen LogP contribution is -2.19. The van der Waals surface area contributed by atoms with Gasteiger partial charge in [-0.15, -0.1) is 0 Å². The summed E-state index contributed by atoms with van der Waals surface area (Å²) >= 11 is 0. The average Bonchev–Trinajstić information content (AvgIpc) is 2.52. The predicted octanol–water partition coefficient (Wildman–Crippen LogP) is 2.72. The van der Waals surface area contributed by atoms with E-state index in [4.69, 9.17) is 8.92 Å². The molecule has 0 spiro atoms. The normalized spacial score (nSPS) is 17.1. The molecule has 106 valence electrons. The van der Waals surface area contributed by atoms with Crippen LogP contribution >= 0.6 is 0 Å². The van der Waals surface area contributed by atoms with E-state index in [1.54, 1.807) is 18.2 Å². The summed E-state index contributed by atoms with van der Waals surface area (Å²) in [4.78, 5) is 0. The van der Waals surface area contributed by atoms with Crippen molar-refractivity contribution in [2.24, 2.45) is 5.92 Å². The number of rotatable bonds is 4. The fourth-order valence-corrected chi connectivity index (χ4v) is 3.42. The molecule has 5 heteroatoms. The number of hydrogen-bond acceptors (Lipinski definition) is 4. The third kappa shape index (κ3) is 3.21. The van der Waals surface area contributed by atoms with Crippen LogP contribution in [0.1, 0.15) is 33.3 Å². The van der Waals surface area contributed by atoms with Gasteiger partial charge in [-0.05, 0) is 24.1 Å². The molecule has 1 aromatic carbocycles. The summed E-state index contributed by atoms with van der Waals surface area (Å²) in [5.41, 5.74) is 0.876. The second kappa shape index (κ2) is 4.71. The molecular formula is C14H20O4S. The molecular weight excluding hydrogens is 264 g/mol. The highest BCUT2D eigenvalue weighted by atomic mass is 32.2. The lowest BCUT2D eigenvalue weighted by Gasteiger charge is -2.16. The molecule has 0 amide bonds. The predicted molar refractivity (Wildman–Crippen MR) is 74.2 cm³/mol. The Morgan fingerprint density at radius 1 is 1.37 bits per heavy atom. The molecule has 0 saturated carbocycles. The minimum atomic E-state index is -3.53. The first-order chi connectivity index (χ1) is 8.70. The molecule has 0 atom stereocenters. The lowest BCUT2D eigenvalue weighted by atomic mass is 9.87. The zero-order valence-corrected chi connectivity index (χ0v) is 12.6. The van der Waals surface area contributed by atoms with Gasteiger partial charge in [0, 0.05) is 11.0 Å². The van der Waals surface area contributed by atoms with Crippen LogP contribution in [0.15, 0.2) is 18.2 Å². The van der Waals surface area contributed by atoms with E-state index < -0.39 is 10.1 Å². The van der Waals surface area contributed by atoms with E-state index >= 15 is 0 Å². The summed E-state index contributed by atoms with van der Waals surface area (Å²) in [5.74, 6) is 1.22. The molecule has 1 aromatic rings. The number of fused-ring (bicyclic) bond motifs is 1. The van der Waals surface area contributed by atoms with Gasteiger partial charge in [0.2, 0.25) is 0 Å². The summed E-state index contributed by atoms with van der Waals surface area (Å²) in [6.07, 6.45) is 0. The third-order valence-electron chi connectivity index (χ3n) is 3.03. The van der Waals surface area contributed by atoms with Gasteiger partial charge in [-0.1, -0.05) is 27.7 Å². The highest BCUT2D eigenvalue weighted by molar-refractivity contribution is 7.87. The number of hydrogen-bond donors (Lipinski definition) is 0. The van der Waals surface area contributed by atoms with Crippen LogP contribution < -0.4 is 8.92 Å². The van der Waals surface area contributed by atoms with Gasteiger partial charge in [0.25, 0.3) is 0 Å². The largest absolute Gasteiger partial charge is 0.492 e. The van der Waals surface area contributed by atoms with Crippen LogP contribution in [0.2, 0.25) is 0 Å². The van der Waals surface area contributed by atoms with Crippen molar-refractivity contribution in [3.05, 3.63) is 23.8 Å². The molecule has 0 N–H and O–H groups in total. The van der Waals surface area contributed by atoms with E-state index in [1.807, 2.05) is 13.8 Å². The van der Waals surface area contributed by atoms with Gasteiger partial charge < -0.3 is 8.92 Å². The molecule has 1 aliphatic heterocycles. The quantitative estimate of drug-likeness (QED) is 0.798. The molecule has 0 fully saturated rings. The molecule has 1 heterocycles. The van der Waals surface area contributed by atoms with Crippen LogP contribution in [0, 0.1) is 5.92 Å². The number of ether oxygens (including phenoxy) is 1. The van der Waals surface area contributed by atoms with Crippen molar-refractivity contribution in [1.82, 2.24) is 0 Å².